The molecule has 2 saturated heterocycles. The van der Waals surface area contributed by atoms with Crippen LogP contribution in [0.2, 0.25) is 0 Å². The average Bonchev–Trinajstić information content (AvgIpc) is 2.90. The lowest BCUT2D eigenvalue weighted by Crippen LogP contribution is -2.51. The molecule has 0 spiro atoms. The van der Waals surface area contributed by atoms with Gasteiger partial charge < -0.3 is 19.4 Å². The number of benzene rings is 1. The highest BCUT2D eigenvalue weighted by atomic mass is 16.8. The minimum atomic E-state index is -0.743. The summed E-state index contributed by atoms with van der Waals surface area (Å²) < 4.78 is 9.95. The fourth-order valence-electron chi connectivity index (χ4n) is 3.95. The number of nitrogens with zero attached hydrogens (tertiary/aromatic N) is 1. The maximum atomic E-state index is 12.0. The number of carbonyl (C=O) groups is 2. The quantitative estimate of drug-likeness (QED) is 0.811. The molecule has 4 unspecified atom stereocenters. The van der Waals surface area contributed by atoms with Crippen molar-refractivity contribution >= 4 is 12.1 Å². The summed E-state index contributed by atoms with van der Waals surface area (Å²) in [7, 11) is 1.35. The van der Waals surface area contributed by atoms with Gasteiger partial charge in [-0.2, -0.15) is 0 Å². The minimum absolute atomic E-state index is 0.0381. The number of aliphatic hydroxyl groups excluding tert-OH is 1. The Balaban J connectivity index is 1.70. The molecule has 0 radical (unpaired) electrons. The predicted octanol–water partition coefficient (Wildman–Crippen LogP) is 3.02. The Bertz CT molecular complexity index is 695. The highest BCUT2D eigenvalue weighted by Crippen LogP contribution is 2.43. The maximum absolute atomic E-state index is 12.0. The number of esters is 1. The molecule has 1 aromatic rings. The molecule has 148 valence electrons. The molecule has 3 rings (SSSR count). The lowest BCUT2D eigenvalue weighted by molar-refractivity contribution is -0.206. The summed E-state index contributed by atoms with van der Waals surface area (Å²) in [6, 6.07) is 6.89. The van der Waals surface area contributed by atoms with Crippen molar-refractivity contribution in [2.75, 3.05) is 7.11 Å². The van der Waals surface area contributed by atoms with Crippen molar-refractivity contribution in [2.45, 2.75) is 69.7 Å². The lowest BCUT2D eigenvalue weighted by Gasteiger charge is -2.40. The second-order valence-corrected chi connectivity index (χ2v) is 8.16. The van der Waals surface area contributed by atoms with Gasteiger partial charge in [0.05, 0.1) is 24.8 Å². The summed E-state index contributed by atoms with van der Waals surface area (Å²) >= 11 is 0. The second kappa shape index (κ2) is 7.48. The first kappa shape index (κ1) is 19.6. The number of fused-ring (bicyclic) bond motifs is 2. The molecule has 2 aliphatic rings. The van der Waals surface area contributed by atoms with Crippen molar-refractivity contribution < 1.29 is 29.0 Å². The molecule has 2 heterocycles. The van der Waals surface area contributed by atoms with Gasteiger partial charge in [0.15, 0.2) is 0 Å². The van der Waals surface area contributed by atoms with Gasteiger partial charge in [0.25, 0.3) is 0 Å². The summed E-state index contributed by atoms with van der Waals surface area (Å²) in [5.74, 6) is -0.463. The van der Waals surface area contributed by atoms with E-state index < -0.39 is 17.9 Å². The van der Waals surface area contributed by atoms with Crippen LogP contribution in [0.1, 0.15) is 61.9 Å². The van der Waals surface area contributed by atoms with Crippen molar-refractivity contribution in [3.63, 3.8) is 0 Å². The molecular weight excluding hydrogens is 350 g/mol. The Kier molecular flexibility index (Phi) is 5.44. The lowest BCUT2D eigenvalue weighted by atomic mass is 9.83. The molecule has 0 aliphatic carbocycles. The molecule has 1 N–H and O–H groups in total. The summed E-state index contributed by atoms with van der Waals surface area (Å²) in [6.45, 7) is 5.34. The number of hydroxylamine groups is 2. The molecule has 2 bridgehead atoms. The van der Waals surface area contributed by atoms with Crippen LogP contribution >= 0.6 is 0 Å². The highest BCUT2D eigenvalue weighted by Gasteiger charge is 2.49. The van der Waals surface area contributed by atoms with Gasteiger partial charge in [-0.3, -0.25) is 0 Å². The molecule has 2 fully saturated rings. The smallest absolute Gasteiger partial charge is 0.465 e. The van der Waals surface area contributed by atoms with Crippen LogP contribution < -0.4 is 0 Å². The minimum Gasteiger partial charge on any atom is -0.465 e. The second-order valence-electron chi connectivity index (χ2n) is 8.16. The van der Waals surface area contributed by atoms with Crippen LogP contribution in [0.4, 0.5) is 4.79 Å². The van der Waals surface area contributed by atoms with Crippen LogP contribution in [0.5, 0.6) is 0 Å². The Morgan fingerprint density at radius 1 is 1.15 bits per heavy atom. The van der Waals surface area contributed by atoms with E-state index >= 15 is 0 Å². The number of ether oxygens (including phenoxy) is 2. The van der Waals surface area contributed by atoms with Crippen LogP contribution in [0.3, 0.4) is 0 Å². The van der Waals surface area contributed by atoms with Crippen molar-refractivity contribution in [3.05, 3.63) is 35.4 Å². The molecule has 4 atom stereocenters. The van der Waals surface area contributed by atoms with Gasteiger partial charge in [0.2, 0.25) is 0 Å². The number of aliphatic hydroxyl groups is 1. The molecule has 2 aliphatic heterocycles. The van der Waals surface area contributed by atoms with Gasteiger partial charge in [0.1, 0.15) is 5.60 Å². The first-order valence-corrected chi connectivity index (χ1v) is 9.25. The Morgan fingerprint density at radius 3 is 2.41 bits per heavy atom. The molecule has 27 heavy (non-hydrogen) atoms. The zero-order chi connectivity index (χ0) is 19.8. The Labute approximate surface area is 159 Å². The number of hydrogen-bond acceptors (Lipinski definition) is 7. The Hall–Kier alpha value is -2.12. The van der Waals surface area contributed by atoms with Crippen LogP contribution in [-0.2, 0) is 14.3 Å². The maximum Gasteiger partial charge on any atom is 0.528 e. The number of carbonyl (C=O) groups excluding carboxylic acids is 2. The van der Waals surface area contributed by atoms with E-state index in [2.05, 4.69) is 0 Å². The molecular formula is C20H27NO6. The normalized spacial score (nSPS) is 27.9. The van der Waals surface area contributed by atoms with E-state index in [0.29, 0.717) is 12.0 Å². The van der Waals surface area contributed by atoms with Gasteiger partial charge in [-0.05, 0) is 57.7 Å². The number of hydrogen-bond donors (Lipinski definition) is 1. The summed E-state index contributed by atoms with van der Waals surface area (Å²) in [5.41, 5.74) is 0.808. The molecule has 7 nitrogen and oxygen atoms in total. The van der Waals surface area contributed by atoms with Crippen LogP contribution in [-0.4, -0.2) is 53.2 Å². The zero-order valence-electron chi connectivity index (χ0n) is 16.2. The highest BCUT2D eigenvalue weighted by molar-refractivity contribution is 5.89. The van der Waals surface area contributed by atoms with Crippen molar-refractivity contribution in [3.8, 4) is 0 Å². The van der Waals surface area contributed by atoms with Crippen molar-refractivity contribution in [1.82, 2.24) is 5.06 Å². The summed E-state index contributed by atoms with van der Waals surface area (Å²) in [5, 5.41) is 12.5. The monoisotopic (exact) mass is 377 g/mol. The van der Waals surface area contributed by atoms with E-state index in [-0.39, 0.29) is 24.0 Å². The SMILES string of the molecule is COC(=O)c1ccc(C2CC3CCC(C2O)N3OC(=O)OC(C)(C)C)cc1. The van der Waals surface area contributed by atoms with Crippen LogP contribution in [0.25, 0.3) is 0 Å². The van der Waals surface area contributed by atoms with Gasteiger partial charge in [-0.25, -0.2) is 9.59 Å². The molecule has 0 aromatic heterocycles. The molecule has 1 aromatic carbocycles. The predicted molar refractivity (Wildman–Crippen MR) is 97.1 cm³/mol. The first-order valence-electron chi connectivity index (χ1n) is 9.25. The van der Waals surface area contributed by atoms with Crippen LogP contribution in [0.15, 0.2) is 24.3 Å². The van der Waals surface area contributed by atoms with E-state index in [9.17, 15) is 14.7 Å². The van der Waals surface area contributed by atoms with E-state index in [4.69, 9.17) is 14.3 Å². The van der Waals surface area contributed by atoms with E-state index in [1.807, 2.05) is 12.1 Å². The topological polar surface area (TPSA) is 85.3 Å². The number of piperidine rings is 1. The van der Waals surface area contributed by atoms with E-state index in [1.54, 1.807) is 38.0 Å². The van der Waals surface area contributed by atoms with Gasteiger partial charge in [-0.15, -0.1) is 5.06 Å². The third kappa shape index (κ3) is 4.25. The first-order chi connectivity index (χ1) is 12.7. The van der Waals surface area contributed by atoms with E-state index in [1.165, 1.54) is 7.11 Å². The number of rotatable bonds is 3. The van der Waals surface area contributed by atoms with Crippen molar-refractivity contribution in [1.29, 1.82) is 0 Å². The summed E-state index contributed by atoms with van der Waals surface area (Å²) in [4.78, 5) is 29.0. The average molecular weight is 377 g/mol. The fraction of sp³-hybridized carbons (Fsp3) is 0.600. The van der Waals surface area contributed by atoms with Gasteiger partial charge in [-0.1, -0.05) is 12.1 Å². The largest absolute Gasteiger partial charge is 0.528 e. The Morgan fingerprint density at radius 2 is 1.81 bits per heavy atom. The van der Waals surface area contributed by atoms with E-state index in [0.717, 1.165) is 18.4 Å². The van der Waals surface area contributed by atoms with Crippen molar-refractivity contribution in [2.24, 2.45) is 0 Å². The fourth-order valence-corrected chi connectivity index (χ4v) is 3.95. The van der Waals surface area contributed by atoms with Crippen LogP contribution in [0, 0.1) is 0 Å². The zero-order valence-corrected chi connectivity index (χ0v) is 16.2. The molecule has 7 heteroatoms. The summed E-state index contributed by atoms with van der Waals surface area (Å²) in [6.07, 6.45) is 0.854. The number of methoxy groups -OCH3 is 1. The molecule has 0 saturated carbocycles. The molecule has 0 amide bonds. The third-order valence-corrected chi connectivity index (χ3v) is 5.14. The third-order valence-electron chi connectivity index (χ3n) is 5.14. The standard InChI is InChI=1S/C20H27NO6/c1-20(2,3)26-19(24)27-21-14-9-10-16(21)17(22)15(11-14)12-5-7-13(8-6-12)18(23)25-4/h5-8,14-17,22H,9-11H2,1-4H3. The van der Waals surface area contributed by atoms with Gasteiger partial charge >= 0.3 is 12.1 Å². The van der Waals surface area contributed by atoms with Gasteiger partial charge in [0, 0.05) is 12.0 Å².